The highest BCUT2D eigenvalue weighted by Gasteiger charge is 2.34. The van der Waals surface area contributed by atoms with Gasteiger partial charge in [-0.25, -0.2) is 9.18 Å². The Balaban J connectivity index is 1.70. The van der Waals surface area contributed by atoms with Crippen molar-refractivity contribution in [1.29, 1.82) is 0 Å². The van der Waals surface area contributed by atoms with Gasteiger partial charge in [0.25, 0.3) is 5.91 Å². The van der Waals surface area contributed by atoms with Gasteiger partial charge in [0.05, 0.1) is 6.10 Å². The van der Waals surface area contributed by atoms with E-state index in [1.807, 2.05) is 6.92 Å². The molecule has 2 saturated heterocycles. The van der Waals surface area contributed by atoms with Crippen LogP contribution in [0, 0.1) is 5.82 Å². The molecule has 27 heavy (non-hydrogen) atoms. The number of carbonyl (C=O) groups excluding carboxylic acids is 3. The van der Waals surface area contributed by atoms with E-state index < -0.39 is 24.0 Å². The van der Waals surface area contributed by atoms with Gasteiger partial charge in [-0.15, -0.1) is 0 Å². The van der Waals surface area contributed by atoms with E-state index in [1.165, 1.54) is 21.9 Å². The van der Waals surface area contributed by atoms with Gasteiger partial charge in [0.15, 0.2) is 0 Å². The molecule has 1 unspecified atom stereocenters. The van der Waals surface area contributed by atoms with Gasteiger partial charge in [-0.2, -0.15) is 0 Å². The molecule has 3 rings (SSSR count). The lowest BCUT2D eigenvalue weighted by atomic mass is 10.1. The molecule has 0 saturated carbocycles. The van der Waals surface area contributed by atoms with E-state index in [1.54, 1.807) is 6.07 Å². The van der Waals surface area contributed by atoms with E-state index in [0.717, 1.165) is 5.56 Å². The molecule has 8 nitrogen and oxygen atoms in total. The number of nitrogens with one attached hydrogen (secondary N) is 2. The number of amides is 4. The minimum absolute atomic E-state index is 0.0514. The van der Waals surface area contributed by atoms with Crippen LogP contribution in [0.15, 0.2) is 18.2 Å². The largest absolute Gasteiger partial charge is 0.389 e. The Morgan fingerprint density at radius 2 is 1.93 bits per heavy atom. The van der Waals surface area contributed by atoms with Crippen molar-refractivity contribution in [2.24, 2.45) is 0 Å². The van der Waals surface area contributed by atoms with Crippen molar-refractivity contribution in [2.45, 2.75) is 25.5 Å². The first-order valence-corrected chi connectivity index (χ1v) is 8.97. The molecule has 146 valence electrons. The van der Waals surface area contributed by atoms with Gasteiger partial charge in [0.2, 0.25) is 5.91 Å². The number of carbonyl (C=O) groups is 3. The normalized spacial score (nSPS) is 22.9. The SMILES string of the molecule is CCc1cc(F)cc(C(=O)N2CCN(C(=O)[C@@H]3CNC(=O)N3)CC(O)C2)c1. The quantitative estimate of drug-likeness (QED) is 0.673. The summed E-state index contributed by atoms with van der Waals surface area (Å²) in [6, 6.07) is 3.13. The summed E-state index contributed by atoms with van der Waals surface area (Å²) in [6.45, 7) is 2.63. The van der Waals surface area contributed by atoms with E-state index >= 15 is 0 Å². The molecule has 2 atom stereocenters. The molecule has 1 aromatic rings. The van der Waals surface area contributed by atoms with E-state index in [0.29, 0.717) is 6.42 Å². The molecule has 4 amide bonds. The lowest BCUT2D eigenvalue weighted by Gasteiger charge is -2.24. The zero-order valence-corrected chi connectivity index (χ0v) is 15.1. The lowest BCUT2D eigenvalue weighted by Crippen LogP contribution is -2.48. The van der Waals surface area contributed by atoms with Gasteiger partial charge in [0.1, 0.15) is 11.9 Å². The average molecular weight is 378 g/mol. The Hall–Kier alpha value is -2.68. The van der Waals surface area contributed by atoms with Crippen molar-refractivity contribution in [1.82, 2.24) is 20.4 Å². The third kappa shape index (κ3) is 4.36. The Morgan fingerprint density at radius 1 is 1.22 bits per heavy atom. The van der Waals surface area contributed by atoms with Gasteiger partial charge in [-0.1, -0.05) is 6.92 Å². The van der Waals surface area contributed by atoms with Crippen LogP contribution >= 0.6 is 0 Å². The number of hydrogen-bond donors (Lipinski definition) is 3. The molecular weight excluding hydrogens is 355 g/mol. The van der Waals surface area contributed by atoms with Gasteiger partial charge in [-0.3, -0.25) is 9.59 Å². The number of aliphatic hydroxyl groups excluding tert-OH is 1. The van der Waals surface area contributed by atoms with Crippen molar-refractivity contribution in [3.63, 3.8) is 0 Å². The van der Waals surface area contributed by atoms with Crippen molar-refractivity contribution < 1.29 is 23.9 Å². The molecule has 0 aromatic heterocycles. The molecule has 0 spiro atoms. The van der Waals surface area contributed by atoms with Crippen LogP contribution in [0.1, 0.15) is 22.8 Å². The minimum atomic E-state index is -0.926. The average Bonchev–Trinajstić information content (AvgIpc) is 2.98. The predicted molar refractivity (Wildman–Crippen MR) is 94.6 cm³/mol. The van der Waals surface area contributed by atoms with E-state index in [9.17, 15) is 23.9 Å². The molecule has 0 aliphatic carbocycles. The number of hydrogen-bond acceptors (Lipinski definition) is 4. The number of rotatable bonds is 3. The zero-order chi connectivity index (χ0) is 19.6. The summed E-state index contributed by atoms with van der Waals surface area (Å²) in [7, 11) is 0. The number of urea groups is 1. The maximum absolute atomic E-state index is 13.8. The molecule has 2 aliphatic rings. The number of benzene rings is 1. The standard InChI is InChI=1S/C18H23FN4O4/c1-2-11-5-12(7-13(19)6-11)16(25)22-3-4-23(10-14(24)9-22)17(26)15-8-20-18(27)21-15/h5-7,14-15,24H,2-4,8-10H2,1H3,(H2,20,21,27)/t14?,15-/m0/s1. The summed E-state index contributed by atoms with van der Waals surface area (Å²) in [5.74, 6) is -1.16. The first-order valence-electron chi connectivity index (χ1n) is 8.97. The second-order valence-electron chi connectivity index (χ2n) is 6.80. The van der Waals surface area contributed by atoms with Crippen molar-refractivity contribution in [3.05, 3.63) is 35.1 Å². The molecular formula is C18H23FN4O4. The van der Waals surface area contributed by atoms with Gasteiger partial charge >= 0.3 is 6.03 Å². The Labute approximate surface area is 156 Å². The van der Waals surface area contributed by atoms with Crippen LogP contribution in [0.4, 0.5) is 9.18 Å². The molecule has 2 aliphatic heterocycles. The molecule has 2 heterocycles. The molecule has 0 radical (unpaired) electrons. The van der Waals surface area contributed by atoms with Crippen LogP contribution in [-0.4, -0.2) is 77.6 Å². The van der Waals surface area contributed by atoms with Crippen LogP contribution in [0.3, 0.4) is 0 Å². The number of aryl methyl sites for hydroxylation is 1. The highest BCUT2D eigenvalue weighted by atomic mass is 19.1. The van der Waals surface area contributed by atoms with Crippen molar-refractivity contribution in [2.75, 3.05) is 32.7 Å². The zero-order valence-electron chi connectivity index (χ0n) is 15.1. The fourth-order valence-corrected chi connectivity index (χ4v) is 3.36. The lowest BCUT2D eigenvalue weighted by molar-refractivity contribution is -0.133. The molecule has 9 heteroatoms. The third-order valence-corrected chi connectivity index (χ3v) is 4.78. The highest BCUT2D eigenvalue weighted by molar-refractivity contribution is 5.94. The summed E-state index contributed by atoms with van der Waals surface area (Å²) < 4.78 is 13.8. The predicted octanol–water partition coefficient (Wildman–Crippen LogP) is -0.285. The first-order chi connectivity index (χ1) is 12.9. The summed E-state index contributed by atoms with van der Waals surface area (Å²) in [5, 5.41) is 15.3. The fraction of sp³-hybridized carbons (Fsp3) is 0.500. The fourth-order valence-electron chi connectivity index (χ4n) is 3.36. The summed E-state index contributed by atoms with van der Waals surface area (Å²) in [5.41, 5.74) is 0.945. The first kappa shape index (κ1) is 19.1. The maximum atomic E-state index is 13.8. The molecule has 2 fully saturated rings. The van der Waals surface area contributed by atoms with Crippen LogP contribution < -0.4 is 10.6 Å². The smallest absolute Gasteiger partial charge is 0.315 e. The van der Waals surface area contributed by atoms with Gasteiger partial charge in [-0.05, 0) is 30.2 Å². The minimum Gasteiger partial charge on any atom is -0.389 e. The molecule has 3 N–H and O–H groups in total. The number of β-amino-alcohol motifs (C(OH)–C–C–N with tert-alkyl or cyclic N) is 1. The van der Waals surface area contributed by atoms with Crippen molar-refractivity contribution >= 4 is 17.8 Å². The van der Waals surface area contributed by atoms with E-state index in [-0.39, 0.29) is 50.1 Å². The number of nitrogens with zero attached hydrogens (tertiary/aromatic N) is 2. The van der Waals surface area contributed by atoms with Crippen LogP contribution in [0.2, 0.25) is 0 Å². The monoisotopic (exact) mass is 378 g/mol. The van der Waals surface area contributed by atoms with Gasteiger partial charge in [0, 0.05) is 38.3 Å². The van der Waals surface area contributed by atoms with Crippen LogP contribution in [0.5, 0.6) is 0 Å². The second kappa shape index (κ2) is 7.91. The second-order valence-corrected chi connectivity index (χ2v) is 6.80. The number of halogens is 1. The maximum Gasteiger partial charge on any atom is 0.315 e. The number of aliphatic hydroxyl groups is 1. The van der Waals surface area contributed by atoms with Gasteiger partial charge < -0.3 is 25.5 Å². The Bertz CT molecular complexity index is 757. The topological polar surface area (TPSA) is 102 Å². The summed E-state index contributed by atoms with van der Waals surface area (Å²) in [6.07, 6.45) is -0.325. The van der Waals surface area contributed by atoms with Crippen LogP contribution in [-0.2, 0) is 11.2 Å². The van der Waals surface area contributed by atoms with Crippen LogP contribution in [0.25, 0.3) is 0 Å². The Morgan fingerprint density at radius 3 is 2.59 bits per heavy atom. The molecule has 0 bridgehead atoms. The third-order valence-electron chi connectivity index (χ3n) is 4.78. The van der Waals surface area contributed by atoms with E-state index in [2.05, 4.69) is 10.6 Å². The van der Waals surface area contributed by atoms with E-state index in [4.69, 9.17) is 0 Å². The summed E-state index contributed by atoms with van der Waals surface area (Å²) >= 11 is 0. The Kier molecular flexibility index (Phi) is 5.59. The summed E-state index contributed by atoms with van der Waals surface area (Å²) in [4.78, 5) is 39.4. The molecule has 1 aromatic carbocycles. The highest BCUT2D eigenvalue weighted by Crippen LogP contribution is 2.15. The van der Waals surface area contributed by atoms with Crippen molar-refractivity contribution in [3.8, 4) is 0 Å².